The van der Waals surface area contributed by atoms with Crippen LogP contribution in [-0.4, -0.2) is 57.1 Å². The van der Waals surface area contributed by atoms with Gasteiger partial charge in [-0.1, -0.05) is 0 Å². The Morgan fingerprint density at radius 3 is 2.26 bits per heavy atom. The van der Waals surface area contributed by atoms with Crippen LogP contribution in [-0.2, 0) is 50.8 Å². The average molecular weight is 609 g/mol. The molecule has 1 saturated heterocycles. The van der Waals surface area contributed by atoms with E-state index < -0.39 is 77.2 Å². The molecule has 0 spiro atoms. The molecule has 6 atom stereocenters. The number of phosphoric ester groups is 1. The zero-order chi connectivity index (χ0) is 21.1. The predicted octanol–water partition coefficient (Wildman–Crippen LogP) is -2.88. The van der Waals surface area contributed by atoms with E-state index in [4.69, 9.17) is 27.3 Å². The number of halogens is 2. The molecule has 0 aromatic carbocycles. The third-order valence-electron chi connectivity index (χ3n) is 2.43. The summed E-state index contributed by atoms with van der Waals surface area (Å²) in [4.78, 5) is 45.0. The summed E-state index contributed by atoms with van der Waals surface area (Å²) >= 11 is 1.86. The summed E-state index contributed by atoms with van der Waals surface area (Å²) in [6, 6.07) is -1.01. The Hall–Kier alpha value is 1.62. The van der Waals surface area contributed by atoms with Gasteiger partial charge in [-0.3, -0.25) is 0 Å². The Morgan fingerprint density at radius 2 is 1.74 bits per heavy atom. The van der Waals surface area contributed by atoms with Gasteiger partial charge in [0.1, 0.15) is 0 Å². The number of hydrogen-bond donors (Lipinski definition) is 5. The zero-order valence-corrected chi connectivity index (χ0v) is 19.1. The normalized spacial score (nSPS) is 30.5. The topological polar surface area (TPSA) is 208 Å². The Balaban J connectivity index is 2.70. The number of ether oxygens (including phenoxy) is 1. The van der Waals surface area contributed by atoms with Crippen molar-refractivity contribution in [1.29, 1.82) is 0 Å². The molecule has 1 heterocycles. The van der Waals surface area contributed by atoms with E-state index in [2.05, 4.69) is 32.3 Å². The van der Waals surface area contributed by atoms with E-state index in [-0.39, 0.29) is 6.42 Å². The van der Waals surface area contributed by atoms with Crippen LogP contribution >= 0.6 is 30.2 Å². The van der Waals surface area contributed by atoms with E-state index >= 15 is 0 Å². The van der Waals surface area contributed by atoms with Crippen LogP contribution in [0.15, 0.2) is 0 Å². The van der Waals surface area contributed by atoms with Gasteiger partial charge in [-0.05, 0) is 0 Å². The maximum absolute atomic E-state index is 12.1. The third kappa shape index (κ3) is 11.0. The van der Waals surface area contributed by atoms with E-state index in [1.165, 1.54) is 0 Å². The molecule has 0 aromatic heterocycles. The molecule has 2 radical (unpaired) electrons. The van der Waals surface area contributed by atoms with Gasteiger partial charge in [0.15, 0.2) is 0 Å². The van der Waals surface area contributed by atoms with Crippen molar-refractivity contribution in [2.75, 3.05) is 6.61 Å². The van der Waals surface area contributed by atoms with Crippen LogP contribution in [0.5, 0.6) is 0 Å². The molecule has 3 unspecified atom stereocenters. The second kappa shape index (κ2) is 10.3. The van der Waals surface area contributed by atoms with Crippen LogP contribution < -0.4 is 22.2 Å². The van der Waals surface area contributed by atoms with Gasteiger partial charge >= 0.3 is 155 Å². The first-order valence-corrected chi connectivity index (χ1v) is 15.0. The molecule has 0 aliphatic carbocycles. The van der Waals surface area contributed by atoms with Crippen LogP contribution in [0.25, 0.3) is 0 Å². The fourth-order valence-corrected chi connectivity index (χ4v) is 7.17. The molecule has 0 amide bonds. The van der Waals surface area contributed by atoms with E-state index in [9.17, 15) is 26.3 Å². The molecule has 22 heteroatoms. The monoisotopic (exact) mass is 609 g/mol. The molecule has 0 saturated carbocycles. The van der Waals surface area contributed by atoms with Crippen LogP contribution in [0.2, 0.25) is 0 Å². The SMILES string of the molecule is [B][C@H]1C[C@H](OP(=O)(O)O[I-]F)[C@@H](COP(O)(=S)OP(=O)(O)OP(=O)(O)O)O1. The quantitative estimate of drug-likeness (QED) is 0.0907. The molecule has 14 nitrogen and oxygen atoms in total. The Kier molecular flexibility index (Phi) is 10.2. The van der Waals surface area contributed by atoms with E-state index in [0.29, 0.717) is 0 Å². The minimum absolute atomic E-state index is 0.165. The molecule has 0 bridgehead atoms. The second-order valence-corrected chi connectivity index (χ2v) is 13.2. The molecule has 160 valence electrons. The first-order valence-electron chi connectivity index (χ1n) is 6.19. The minimum atomic E-state index is -5.50. The number of phosphoric acid groups is 3. The van der Waals surface area contributed by atoms with Crippen molar-refractivity contribution < 1.29 is 88.5 Å². The van der Waals surface area contributed by atoms with Gasteiger partial charge < -0.3 is 9.79 Å². The molecular formula is C5H12BFIO14P4S-. The Bertz CT molecular complexity index is 705. The molecule has 1 aliphatic rings. The van der Waals surface area contributed by atoms with Crippen molar-refractivity contribution in [3.8, 4) is 0 Å². The summed E-state index contributed by atoms with van der Waals surface area (Å²) in [5, 5.41) is 0. The standard InChI is InChI=1S/C5H12BFIO14P4S/c6-5-1-3(19-24(12,13)20-8-7)4(18-5)2-17-26(16,27)22-25(14,15)21-23(9,10)11/h3-5H,1-2H2,(H,12,13)(H,14,15)(H,16,27)(H2,9,10,11)/q-1/t3-,4+,5+,26?/m0/s1. The van der Waals surface area contributed by atoms with Gasteiger partial charge in [0.25, 0.3) is 0 Å². The Morgan fingerprint density at radius 1 is 1.15 bits per heavy atom. The van der Waals surface area contributed by atoms with Gasteiger partial charge in [-0.2, -0.15) is 0 Å². The van der Waals surface area contributed by atoms with Gasteiger partial charge in [0.2, 0.25) is 0 Å². The summed E-state index contributed by atoms with van der Waals surface area (Å²) in [6.45, 7) is -5.36. The molecule has 27 heavy (non-hydrogen) atoms. The van der Waals surface area contributed by atoms with Crippen molar-refractivity contribution in [2.24, 2.45) is 0 Å². The number of hydrogen-bond acceptors (Lipinski definition) is 10. The van der Waals surface area contributed by atoms with Gasteiger partial charge in [-0.15, -0.1) is 0 Å². The summed E-state index contributed by atoms with van der Waals surface area (Å²) in [7, 11) is -10.2. The predicted molar refractivity (Wildman–Crippen MR) is 82.4 cm³/mol. The maximum atomic E-state index is 12.1. The summed E-state index contributed by atoms with van der Waals surface area (Å²) in [5.74, 6) is 0. The second-order valence-electron chi connectivity index (χ2n) is 4.58. The van der Waals surface area contributed by atoms with Crippen molar-refractivity contribution in [3.63, 3.8) is 0 Å². The summed E-state index contributed by atoms with van der Waals surface area (Å²) in [5.41, 5.74) is 0. The average Bonchev–Trinajstić information content (AvgIpc) is 2.71. The first-order chi connectivity index (χ1) is 12.0. The van der Waals surface area contributed by atoms with Crippen molar-refractivity contribution in [2.45, 2.75) is 24.6 Å². The fraction of sp³-hybridized carbons (Fsp3) is 1.00. The van der Waals surface area contributed by atoms with Gasteiger partial charge in [0, 0.05) is 0 Å². The Labute approximate surface area is 169 Å². The third-order valence-corrected chi connectivity index (χ3v) is 9.85. The van der Waals surface area contributed by atoms with E-state index in [1.807, 2.05) is 0 Å². The first kappa shape index (κ1) is 26.7. The molecule has 1 fully saturated rings. The zero-order valence-electron chi connectivity index (χ0n) is 12.6. The van der Waals surface area contributed by atoms with Crippen LogP contribution in [0, 0.1) is 0 Å². The summed E-state index contributed by atoms with van der Waals surface area (Å²) in [6.07, 6.45) is -2.70. The number of rotatable bonds is 11. The molecule has 1 aliphatic heterocycles. The molecule has 0 aromatic rings. The summed E-state index contributed by atoms with van der Waals surface area (Å²) < 4.78 is 71.4. The van der Waals surface area contributed by atoms with Gasteiger partial charge in [-0.25, -0.2) is 4.57 Å². The van der Waals surface area contributed by atoms with Crippen LogP contribution in [0.1, 0.15) is 6.42 Å². The van der Waals surface area contributed by atoms with Gasteiger partial charge in [0.05, 0.1) is 0 Å². The molecular weight excluding hydrogens is 597 g/mol. The van der Waals surface area contributed by atoms with Crippen molar-refractivity contribution >= 4 is 49.8 Å². The van der Waals surface area contributed by atoms with Crippen molar-refractivity contribution in [1.82, 2.24) is 0 Å². The van der Waals surface area contributed by atoms with E-state index in [1.54, 1.807) is 0 Å². The van der Waals surface area contributed by atoms with E-state index in [0.717, 1.165) is 0 Å². The van der Waals surface area contributed by atoms with Crippen molar-refractivity contribution in [3.05, 3.63) is 0 Å². The fourth-order valence-electron chi connectivity index (χ4n) is 1.70. The molecule has 1 rings (SSSR count). The molecule has 5 N–H and O–H groups in total. The van der Waals surface area contributed by atoms with Crippen LogP contribution in [0.3, 0.4) is 0 Å². The van der Waals surface area contributed by atoms with Crippen LogP contribution in [0.4, 0.5) is 2.86 Å².